The summed E-state index contributed by atoms with van der Waals surface area (Å²) in [6, 6.07) is 16.0. The van der Waals surface area contributed by atoms with Gasteiger partial charge in [0.25, 0.3) is 0 Å². The number of carbonyl (C=O) groups excluding carboxylic acids is 2. The molecule has 0 aromatic heterocycles. The minimum atomic E-state index is -0.806. The average molecular weight is 477 g/mol. The van der Waals surface area contributed by atoms with Gasteiger partial charge in [0.2, 0.25) is 5.91 Å². The van der Waals surface area contributed by atoms with E-state index in [2.05, 4.69) is 34.9 Å². The zero-order valence-corrected chi connectivity index (χ0v) is 19.7. The predicted molar refractivity (Wildman–Crippen MR) is 131 cm³/mol. The quantitative estimate of drug-likeness (QED) is 0.534. The Kier molecular flexibility index (Phi) is 6.75. The largest absolute Gasteiger partial charge is 0.481 e. The van der Waals surface area contributed by atoms with Crippen molar-refractivity contribution >= 4 is 18.0 Å². The molecule has 3 aliphatic carbocycles. The third kappa shape index (κ3) is 4.90. The molecule has 2 aromatic rings. The molecule has 0 aliphatic heterocycles. The maximum Gasteiger partial charge on any atom is 0.407 e. The minimum Gasteiger partial charge on any atom is -0.481 e. The van der Waals surface area contributed by atoms with Crippen molar-refractivity contribution in [2.75, 3.05) is 6.61 Å². The van der Waals surface area contributed by atoms with E-state index in [1.807, 2.05) is 24.3 Å². The van der Waals surface area contributed by atoms with Gasteiger partial charge >= 0.3 is 12.1 Å². The molecule has 0 heterocycles. The van der Waals surface area contributed by atoms with Crippen LogP contribution in [0.2, 0.25) is 0 Å². The second-order valence-electron chi connectivity index (χ2n) is 10.0. The van der Waals surface area contributed by atoms with E-state index in [1.165, 1.54) is 11.1 Å². The zero-order valence-electron chi connectivity index (χ0n) is 19.7. The summed E-state index contributed by atoms with van der Waals surface area (Å²) in [6.45, 7) is 0.238. The highest BCUT2D eigenvalue weighted by atomic mass is 16.5. The number of carboxylic acid groups (broad SMARTS) is 1. The summed E-state index contributed by atoms with van der Waals surface area (Å²) in [7, 11) is 0. The van der Waals surface area contributed by atoms with Crippen LogP contribution in [0.4, 0.5) is 4.79 Å². The van der Waals surface area contributed by atoms with Gasteiger partial charge in [0.05, 0.1) is 11.8 Å². The van der Waals surface area contributed by atoms with Gasteiger partial charge in [-0.2, -0.15) is 0 Å². The molecule has 0 radical (unpaired) electrons. The maximum absolute atomic E-state index is 13.0. The molecule has 2 aromatic carbocycles. The molecule has 7 heteroatoms. The van der Waals surface area contributed by atoms with Gasteiger partial charge < -0.3 is 20.5 Å². The summed E-state index contributed by atoms with van der Waals surface area (Å²) >= 11 is 0. The van der Waals surface area contributed by atoms with E-state index in [4.69, 9.17) is 9.84 Å². The first-order valence-corrected chi connectivity index (χ1v) is 12.7. The summed E-state index contributed by atoms with van der Waals surface area (Å²) < 4.78 is 5.72. The molecule has 0 unspecified atom stereocenters. The first-order chi connectivity index (χ1) is 17.0. The Morgan fingerprint density at radius 3 is 2.14 bits per heavy atom. The fourth-order valence-electron chi connectivity index (χ4n) is 5.83. The molecule has 3 N–H and O–H groups in total. The van der Waals surface area contributed by atoms with Gasteiger partial charge in [0.15, 0.2) is 0 Å². The Bertz CT molecular complexity index is 1060. The van der Waals surface area contributed by atoms with Crippen molar-refractivity contribution in [1.82, 2.24) is 10.6 Å². The van der Waals surface area contributed by atoms with E-state index in [1.54, 1.807) is 0 Å². The monoisotopic (exact) mass is 476 g/mol. The number of ether oxygens (including phenoxy) is 1. The van der Waals surface area contributed by atoms with Crippen LogP contribution in [0.1, 0.15) is 62.0 Å². The summed E-state index contributed by atoms with van der Waals surface area (Å²) in [4.78, 5) is 36.9. The fraction of sp³-hybridized carbons (Fsp3) is 0.464. The molecule has 0 saturated heterocycles. The molecule has 3 aliphatic rings. The molecule has 2 atom stereocenters. The number of aliphatic carboxylic acids is 1. The van der Waals surface area contributed by atoms with Gasteiger partial charge in [-0.3, -0.25) is 9.59 Å². The third-order valence-electron chi connectivity index (χ3n) is 7.83. The Morgan fingerprint density at radius 1 is 0.857 bits per heavy atom. The summed E-state index contributed by atoms with van der Waals surface area (Å²) in [5, 5.41) is 15.1. The van der Waals surface area contributed by atoms with Crippen LogP contribution in [0, 0.1) is 11.8 Å². The minimum absolute atomic E-state index is 0.0119. The van der Waals surface area contributed by atoms with Crippen LogP contribution in [0.3, 0.4) is 0 Å². The normalized spacial score (nSPS) is 25.4. The first-order valence-electron chi connectivity index (χ1n) is 12.7. The third-order valence-corrected chi connectivity index (χ3v) is 7.83. The van der Waals surface area contributed by atoms with E-state index in [-0.39, 0.29) is 42.4 Å². The van der Waals surface area contributed by atoms with Crippen LogP contribution < -0.4 is 10.6 Å². The lowest BCUT2D eigenvalue weighted by atomic mass is 9.80. The van der Waals surface area contributed by atoms with Crippen LogP contribution in [0.5, 0.6) is 0 Å². The number of rotatable bonds is 6. The number of amides is 2. The molecular formula is C28H32N2O5. The lowest BCUT2D eigenvalue weighted by Crippen LogP contribution is -2.52. The molecule has 184 valence electrons. The van der Waals surface area contributed by atoms with Crippen molar-refractivity contribution in [3.63, 3.8) is 0 Å². The number of carboxylic acids is 1. The van der Waals surface area contributed by atoms with Crippen LogP contribution in [0.25, 0.3) is 11.1 Å². The van der Waals surface area contributed by atoms with Crippen molar-refractivity contribution < 1.29 is 24.2 Å². The van der Waals surface area contributed by atoms with E-state index in [0.29, 0.717) is 19.3 Å². The van der Waals surface area contributed by atoms with Crippen LogP contribution >= 0.6 is 0 Å². The van der Waals surface area contributed by atoms with Gasteiger partial charge in [-0.15, -0.1) is 0 Å². The molecule has 7 nitrogen and oxygen atoms in total. The van der Waals surface area contributed by atoms with Gasteiger partial charge in [0, 0.05) is 18.0 Å². The molecule has 2 fully saturated rings. The van der Waals surface area contributed by atoms with Crippen molar-refractivity contribution in [3.8, 4) is 11.1 Å². The van der Waals surface area contributed by atoms with Crippen molar-refractivity contribution in [2.45, 2.75) is 62.9 Å². The lowest BCUT2D eigenvalue weighted by Gasteiger charge is -2.35. The summed E-state index contributed by atoms with van der Waals surface area (Å²) in [5.74, 6) is -1.61. The molecule has 2 amide bonds. The smallest absolute Gasteiger partial charge is 0.407 e. The number of hydrogen-bond donors (Lipinski definition) is 3. The topological polar surface area (TPSA) is 105 Å². The van der Waals surface area contributed by atoms with Gasteiger partial charge in [-0.1, -0.05) is 67.8 Å². The number of hydrogen-bond acceptors (Lipinski definition) is 4. The van der Waals surface area contributed by atoms with Crippen molar-refractivity contribution in [1.29, 1.82) is 0 Å². The van der Waals surface area contributed by atoms with Crippen molar-refractivity contribution in [2.24, 2.45) is 11.8 Å². The summed E-state index contributed by atoms with van der Waals surface area (Å²) in [6.07, 6.45) is 4.78. The van der Waals surface area contributed by atoms with Crippen molar-refractivity contribution in [3.05, 3.63) is 59.7 Å². The lowest BCUT2D eigenvalue weighted by molar-refractivity contribution is -0.146. The van der Waals surface area contributed by atoms with E-state index >= 15 is 0 Å². The van der Waals surface area contributed by atoms with Gasteiger partial charge in [-0.05, 0) is 47.9 Å². The fourth-order valence-corrected chi connectivity index (χ4v) is 5.83. The summed E-state index contributed by atoms with van der Waals surface area (Å²) in [5.41, 5.74) is 4.68. The highest BCUT2D eigenvalue weighted by molar-refractivity contribution is 5.82. The zero-order chi connectivity index (χ0) is 24.4. The Morgan fingerprint density at radius 2 is 1.49 bits per heavy atom. The number of carbonyl (C=O) groups is 3. The second kappa shape index (κ2) is 10.1. The predicted octanol–water partition coefficient (Wildman–Crippen LogP) is 4.45. The molecule has 5 rings (SSSR count). The molecule has 2 saturated carbocycles. The van der Waals surface area contributed by atoms with Crippen LogP contribution in [-0.2, 0) is 14.3 Å². The maximum atomic E-state index is 13.0. The highest BCUT2D eigenvalue weighted by Crippen LogP contribution is 2.44. The highest BCUT2D eigenvalue weighted by Gasteiger charge is 2.38. The van der Waals surface area contributed by atoms with Crippen LogP contribution in [0.15, 0.2) is 48.5 Å². The Balaban J connectivity index is 1.20. The Hall–Kier alpha value is -3.35. The molecular weight excluding hydrogens is 444 g/mol. The average Bonchev–Trinajstić information content (AvgIpc) is 2.95. The number of alkyl carbamates (subject to hydrolysis) is 1. The van der Waals surface area contributed by atoms with E-state index in [0.717, 1.165) is 36.8 Å². The SMILES string of the molecule is O=C(N[C@H]1CCCCC[C@H]1C(=O)NC1CC(C(=O)O)C1)OCC1c2ccccc2-c2ccccc21. The van der Waals surface area contributed by atoms with Crippen LogP contribution in [-0.4, -0.2) is 41.8 Å². The number of benzene rings is 2. The van der Waals surface area contributed by atoms with Gasteiger partial charge in [0.1, 0.15) is 6.61 Å². The first kappa shape index (κ1) is 23.4. The number of nitrogens with one attached hydrogen (secondary N) is 2. The van der Waals surface area contributed by atoms with Gasteiger partial charge in [-0.25, -0.2) is 4.79 Å². The number of fused-ring (bicyclic) bond motifs is 3. The Labute approximate surface area is 205 Å². The second-order valence-corrected chi connectivity index (χ2v) is 10.0. The van der Waals surface area contributed by atoms with E-state index in [9.17, 15) is 14.4 Å². The standard InChI is InChI=1S/C28H32N2O5/c31-26(29-18-14-17(15-18)27(32)33)23-12-2-1-3-13-25(23)30-28(34)35-16-24-21-10-6-4-8-19(21)20-9-5-7-11-22(20)24/h4-11,17-18,23-25H,1-3,12-16H2,(H,29,31)(H,30,34)(H,32,33)/t17?,18?,23-,25+/m1/s1. The molecule has 0 bridgehead atoms. The molecule has 35 heavy (non-hydrogen) atoms. The molecule has 0 spiro atoms. The van der Waals surface area contributed by atoms with E-state index < -0.39 is 12.1 Å².